The van der Waals surface area contributed by atoms with E-state index >= 15 is 0 Å². The molecule has 0 amide bonds. The van der Waals surface area contributed by atoms with Crippen molar-refractivity contribution in [2.75, 3.05) is 26.7 Å². The highest BCUT2D eigenvalue weighted by Gasteiger charge is 2.15. The summed E-state index contributed by atoms with van der Waals surface area (Å²) >= 11 is 0. The summed E-state index contributed by atoms with van der Waals surface area (Å²) in [7, 11) is 2.13. The molecule has 15 heavy (non-hydrogen) atoms. The topological polar surface area (TPSA) is 35.5 Å². The average molecular weight is 216 g/mol. The van der Waals surface area contributed by atoms with Crippen molar-refractivity contribution in [2.45, 2.75) is 46.2 Å². The van der Waals surface area contributed by atoms with Crippen molar-refractivity contribution in [1.82, 2.24) is 10.2 Å². The van der Waals surface area contributed by atoms with Crippen LogP contribution in [0.4, 0.5) is 0 Å². The molecule has 0 rings (SSSR count). The van der Waals surface area contributed by atoms with Crippen LogP contribution >= 0.6 is 0 Å². The summed E-state index contributed by atoms with van der Waals surface area (Å²) in [6, 6.07) is 0.785. The molecule has 3 nitrogen and oxygen atoms in total. The molecular formula is C12H28N2O. The van der Waals surface area contributed by atoms with Crippen molar-refractivity contribution < 1.29 is 5.11 Å². The zero-order chi connectivity index (χ0) is 11.8. The molecule has 0 aromatic heterocycles. The van der Waals surface area contributed by atoms with Crippen LogP contribution in [0.2, 0.25) is 0 Å². The maximum Gasteiger partial charge on any atom is 0.0597 e. The third kappa shape index (κ3) is 6.88. The Morgan fingerprint density at radius 3 is 2.27 bits per heavy atom. The standard InChI is InChI=1S/C12H28N2O/c1-6-13-12(9-15)8-14(5)11(4)7-10(2)3/h10-13,15H,6-9H2,1-5H3. The number of aliphatic hydroxyl groups is 1. The van der Waals surface area contributed by atoms with Crippen LogP contribution in [0.15, 0.2) is 0 Å². The fourth-order valence-corrected chi connectivity index (χ4v) is 1.87. The number of nitrogens with zero attached hydrogens (tertiary/aromatic N) is 1. The van der Waals surface area contributed by atoms with Crippen LogP contribution in [0.1, 0.15) is 34.1 Å². The molecule has 0 saturated heterocycles. The lowest BCUT2D eigenvalue weighted by Gasteiger charge is -2.29. The summed E-state index contributed by atoms with van der Waals surface area (Å²) in [6.07, 6.45) is 1.21. The SMILES string of the molecule is CCNC(CO)CN(C)C(C)CC(C)C. The van der Waals surface area contributed by atoms with Crippen LogP contribution in [-0.4, -0.2) is 48.8 Å². The zero-order valence-corrected chi connectivity index (χ0v) is 11.0. The molecule has 0 bridgehead atoms. The molecule has 0 fully saturated rings. The van der Waals surface area contributed by atoms with Gasteiger partial charge in [0.15, 0.2) is 0 Å². The Labute approximate surface area is 94.9 Å². The van der Waals surface area contributed by atoms with E-state index in [1.807, 2.05) is 0 Å². The largest absolute Gasteiger partial charge is 0.395 e. The van der Waals surface area contributed by atoms with Crippen LogP contribution in [0.25, 0.3) is 0 Å². The molecule has 0 radical (unpaired) electrons. The Balaban J connectivity index is 3.91. The lowest BCUT2D eigenvalue weighted by Crippen LogP contribution is -2.45. The first kappa shape index (κ1) is 14.9. The lowest BCUT2D eigenvalue weighted by molar-refractivity contribution is 0.165. The number of hydrogen-bond donors (Lipinski definition) is 2. The number of likely N-dealkylation sites (N-methyl/N-ethyl adjacent to an activating group) is 2. The molecule has 92 valence electrons. The Hall–Kier alpha value is -0.120. The number of nitrogens with one attached hydrogen (secondary N) is 1. The highest BCUT2D eigenvalue weighted by Crippen LogP contribution is 2.09. The highest BCUT2D eigenvalue weighted by atomic mass is 16.3. The number of hydrogen-bond acceptors (Lipinski definition) is 3. The van der Waals surface area contributed by atoms with Gasteiger partial charge < -0.3 is 15.3 Å². The normalized spacial score (nSPS) is 16.0. The van der Waals surface area contributed by atoms with Gasteiger partial charge in [0.25, 0.3) is 0 Å². The molecule has 0 aliphatic rings. The maximum absolute atomic E-state index is 9.18. The summed E-state index contributed by atoms with van der Waals surface area (Å²) < 4.78 is 0. The average Bonchev–Trinajstić information content (AvgIpc) is 2.15. The third-order valence-electron chi connectivity index (χ3n) is 2.79. The Morgan fingerprint density at radius 1 is 1.27 bits per heavy atom. The van der Waals surface area contributed by atoms with Gasteiger partial charge in [-0.2, -0.15) is 0 Å². The minimum atomic E-state index is 0.203. The van der Waals surface area contributed by atoms with Gasteiger partial charge in [0.2, 0.25) is 0 Å². The van der Waals surface area contributed by atoms with Gasteiger partial charge in [-0.25, -0.2) is 0 Å². The molecule has 0 saturated carbocycles. The molecular weight excluding hydrogens is 188 g/mol. The van der Waals surface area contributed by atoms with E-state index in [2.05, 4.69) is 45.0 Å². The maximum atomic E-state index is 9.18. The van der Waals surface area contributed by atoms with Gasteiger partial charge in [0, 0.05) is 18.6 Å². The summed E-state index contributed by atoms with van der Waals surface area (Å²) in [5.41, 5.74) is 0. The van der Waals surface area contributed by atoms with Crippen molar-refractivity contribution in [2.24, 2.45) is 5.92 Å². The van der Waals surface area contributed by atoms with E-state index in [9.17, 15) is 5.11 Å². The van der Waals surface area contributed by atoms with Gasteiger partial charge in [-0.05, 0) is 32.9 Å². The van der Waals surface area contributed by atoms with Gasteiger partial charge in [-0.1, -0.05) is 20.8 Å². The van der Waals surface area contributed by atoms with Crippen LogP contribution in [0.3, 0.4) is 0 Å². The second-order valence-corrected chi connectivity index (χ2v) is 4.86. The van der Waals surface area contributed by atoms with Gasteiger partial charge in [0.1, 0.15) is 0 Å². The van der Waals surface area contributed by atoms with Crippen LogP contribution in [0, 0.1) is 5.92 Å². The Bertz CT molecular complexity index is 151. The first-order valence-corrected chi connectivity index (χ1v) is 6.05. The molecule has 0 aliphatic carbocycles. The van der Waals surface area contributed by atoms with E-state index in [1.165, 1.54) is 6.42 Å². The van der Waals surface area contributed by atoms with E-state index in [1.54, 1.807) is 0 Å². The van der Waals surface area contributed by atoms with Gasteiger partial charge in [0.05, 0.1) is 6.61 Å². The summed E-state index contributed by atoms with van der Waals surface area (Å²) in [4.78, 5) is 2.32. The molecule has 0 aliphatic heterocycles. The fourth-order valence-electron chi connectivity index (χ4n) is 1.87. The van der Waals surface area contributed by atoms with Crippen molar-refractivity contribution in [3.05, 3.63) is 0 Å². The van der Waals surface area contributed by atoms with Crippen LogP contribution < -0.4 is 5.32 Å². The highest BCUT2D eigenvalue weighted by molar-refractivity contribution is 4.73. The first-order valence-electron chi connectivity index (χ1n) is 6.05. The zero-order valence-electron chi connectivity index (χ0n) is 11.0. The smallest absolute Gasteiger partial charge is 0.0597 e. The monoisotopic (exact) mass is 216 g/mol. The minimum Gasteiger partial charge on any atom is -0.395 e. The van der Waals surface area contributed by atoms with E-state index in [-0.39, 0.29) is 12.6 Å². The predicted octanol–water partition coefficient (Wildman–Crippen LogP) is 1.32. The van der Waals surface area contributed by atoms with E-state index in [0.29, 0.717) is 6.04 Å². The second-order valence-electron chi connectivity index (χ2n) is 4.86. The molecule has 0 aromatic carbocycles. The van der Waals surface area contributed by atoms with Gasteiger partial charge in [-0.15, -0.1) is 0 Å². The fraction of sp³-hybridized carbons (Fsp3) is 1.00. The molecule has 0 spiro atoms. The molecule has 2 atom stereocenters. The van der Waals surface area contributed by atoms with Crippen molar-refractivity contribution in [3.63, 3.8) is 0 Å². The quantitative estimate of drug-likeness (QED) is 0.642. The molecule has 2 unspecified atom stereocenters. The number of rotatable bonds is 8. The lowest BCUT2D eigenvalue weighted by atomic mass is 10.0. The minimum absolute atomic E-state index is 0.203. The Morgan fingerprint density at radius 2 is 1.87 bits per heavy atom. The van der Waals surface area contributed by atoms with Gasteiger partial charge >= 0.3 is 0 Å². The van der Waals surface area contributed by atoms with Crippen molar-refractivity contribution >= 4 is 0 Å². The third-order valence-corrected chi connectivity index (χ3v) is 2.79. The molecule has 0 aromatic rings. The Kier molecular flexibility index (Phi) is 8.02. The van der Waals surface area contributed by atoms with E-state index in [4.69, 9.17) is 0 Å². The van der Waals surface area contributed by atoms with E-state index < -0.39 is 0 Å². The summed E-state index contributed by atoms with van der Waals surface area (Å²) in [5, 5.41) is 12.5. The molecule has 2 N–H and O–H groups in total. The molecule has 0 heterocycles. The van der Waals surface area contributed by atoms with Crippen molar-refractivity contribution in [1.29, 1.82) is 0 Å². The van der Waals surface area contributed by atoms with Crippen LogP contribution in [-0.2, 0) is 0 Å². The number of aliphatic hydroxyl groups excluding tert-OH is 1. The van der Waals surface area contributed by atoms with Crippen LogP contribution in [0.5, 0.6) is 0 Å². The van der Waals surface area contributed by atoms with E-state index in [0.717, 1.165) is 19.0 Å². The summed E-state index contributed by atoms with van der Waals surface area (Å²) in [5.74, 6) is 0.731. The molecule has 3 heteroatoms. The van der Waals surface area contributed by atoms with Gasteiger partial charge in [-0.3, -0.25) is 0 Å². The summed E-state index contributed by atoms with van der Waals surface area (Å²) in [6.45, 7) is 10.9. The van der Waals surface area contributed by atoms with Crippen molar-refractivity contribution in [3.8, 4) is 0 Å². The predicted molar refractivity (Wildman–Crippen MR) is 66.1 cm³/mol. The second kappa shape index (κ2) is 8.08. The first-order chi connectivity index (χ1) is 7.01.